The van der Waals surface area contributed by atoms with Gasteiger partial charge in [-0.2, -0.15) is 0 Å². The molecule has 0 aliphatic heterocycles. The van der Waals surface area contributed by atoms with Crippen LogP contribution >= 0.6 is 0 Å². The van der Waals surface area contributed by atoms with E-state index >= 15 is 0 Å². The summed E-state index contributed by atoms with van der Waals surface area (Å²) in [6.07, 6.45) is 0. The Kier molecular flexibility index (Phi) is 3.70. The van der Waals surface area contributed by atoms with Crippen molar-refractivity contribution in [1.29, 1.82) is 0 Å². The Morgan fingerprint density at radius 2 is 1.80 bits per heavy atom. The molecule has 0 bridgehead atoms. The van der Waals surface area contributed by atoms with Gasteiger partial charge in [-0.3, -0.25) is 0 Å². The quantitative estimate of drug-likeness (QED) is 0.620. The van der Waals surface area contributed by atoms with Crippen molar-refractivity contribution in [2.75, 3.05) is 0 Å². The third-order valence-electron chi connectivity index (χ3n) is 0.471. The van der Waals surface area contributed by atoms with Crippen LogP contribution in [0.2, 0.25) is 3.98 Å². The molecule has 30 valence electrons. The summed E-state index contributed by atoms with van der Waals surface area (Å²) in [7, 11) is 0. The molecule has 0 saturated heterocycles. The van der Waals surface area contributed by atoms with Crippen molar-refractivity contribution in [2.24, 2.45) is 5.92 Å². The van der Waals surface area contributed by atoms with E-state index in [4.69, 9.17) is 0 Å². The zero-order valence-corrected chi connectivity index (χ0v) is 8.35. The first-order valence-electron chi connectivity index (χ1n) is 1.97. The normalized spacial score (nSPS) is 9.60. The molecule has 0 nitrogen and oxygen atoms in total. The van der Waals surface area contributed by atoms with Crippen LogP contribution in [-0.4, -0.2) is 25.8 Å². The predicted molar refractivity (Wildman–Crippen MR) is 26.8 cm³/mol. The molecule has 0 aromatic carbocycles. The minimum absolute atomic E-state index is 0.958. The van der Waals surface area contributed by atoms with E-state index in [1.165, 1.54) is 29.7 Å². The molecular weight excluding hydrogens is 255 g/mol. The van der Waals surface area contributed by atoms with E-state index in [0.29, 0.717) is 0 Å². The maximum atomic E-state index is 2.26. The number of hydrogen-bond donors (Lipinski definition) is 0. The third-order valence-corrected chi connectivity index (χ3v) is 4.14. The van der Waals surface area contributed by atoms with Crippen molar-refractivity contribution < 1.29 is 0 Å². The summed E-state index contributed by atoms with van der Waals surface area (Å²) in [5, 5.41) is 0. The minimum atomic E-state index is 0.958. The van der Waals surface area contributed by atoms with E-state index in [1.807, 2.05) is 0 Å². The molecule has 0 heterocycles. The molecule has 5 heavy (non-hydrogen) atoms. The maximum absolute atomic E-state index is 2.26. The van der Waals surface area contributed by atoms with E-state index in [0.717, 1.165) is 5.92 Å². The summed E-state index contributed by atoms with van der Waals surface area (Å²) in [6, 6.07) is 0. The van der Waals surface area contributed by atoms with E-state index in [-0.39, 0.29) is 0 Å². The zero-order valence-electron chi connectivity index (χ0n) is 3.86. The molecule has 0 unspecified atom stereocenters. The molecule has 2 radical (unpaired) electrons. The molecule has 1 heteroatoms. The Bertz CT molecular complexity index is 17.6. The van der Waals surface area contributed by atoms with E-state index < -0.39 is 0 Å². The van der Waals surface area contributed by atoms with Gasteiger partial charge in [0.2, 0.25) is 0 Å². The molecule has 0 spiro atoms. The van der Waals surface area contributed by atoms with Crippen molar-refractivity contribution in [3.63, 3.8) is 0 Å². The molecule has 0 aromatic heterocycles. The fourth-order valence-corrected chi connectivity index (χ4v) is 0. The van der Waals surface area contributed by atoms with Crippen molar-refractivity contribution in [1.82, 2.24) is 0 Å². The molecule has 0 rings (SSSR count). The molecule has 0 aliphatic rings. The van der Waals surface area contributed by atoms with Crippen molar-refractivity contribution in [2.45, 2.75) is 17.8 Å². The van der Waals surface area contributed by atoms with Crippen molar-refractivity contribution >= 4 is 25.8 Å². The van der Waals surface area contributed by atoms with Crippen LogP contribution in [0, 0.1) is 5.92 Å². The molecule has 0 amide bonds. The van der Waals surface area contributed by atoms with Gasteiger partial charge in [-0.1, -0.05) is 0 Å². The Morgan fingerprint density at radius 1 is 1.60 bits per heavy atom. The molecular formula is C4H10Pb. The Labute approximate surface area is 49.6 Å². The van der Waals surface area contributed by atoms with Gasteiger partial charge in [-0.15, -0.1) is 0 Å². The molecule has 0 saturated carbocycles. The van der Waals surface area contributed by atoms with Crippen molar-refractivity contribution in [3.05, 3.63) is 0 Å². The van der Waals surface area contributed by atoms with E-state index in [2.05, 4.69) is 13.8 Å². The second kappa shape index (κ2) is 3.13. The summed E-state index contributed by atoms with van der Waals surface area (Å²) in [5.74, 6) is 0.958. The van der Waals surface area contributed by atoms with Crippen molar-refractivity contribution in [3.8, 4) is 0 Å². The standard InChI is InChI=1S/C4H9.Pb.H/c1-4(2)3;;/h4H,1H2,2-3H3;;. The van der Waals surface area contributed by atoms with Gasteiger partial charge in [0, 0.05) is 0 Å². The van der Waals surface area contributed by atoms with Crippen LogP contribution in [-0.2, 0) is 0 Å². The summed E-state index contributed by atoms with van der Waals surface area (Å²) >= 11 is 1.21. The summed E-state index contributed by atoms with van der Waals surface area (Å²) in [4.78, 5) is 0. The molecule has 0 aliphatic carbocycles. The molecule has 0 fully saturated rings. The first-order valence-corrected chi connectivity index (χ1v) is 5.15. The molecule has 0 atom stereocenters. The van der Waals surface area contributed by atoms with Gasteiger partial charge < -0.3 is 0 Å². The monoisotopic (exact) mass is 266 g/mol. The van der Waals surface area contributed by atoms with E-state index in [9.17, 15) is 0 Å². The first-order chi connectivity index (χ1) is 2.27. The molecule has 0 N–H and O–H groups in total. The SMILES string of the molecule is CC(C)[CH2][PbH]. The number of rotatable bonds is 1. The van der Waals surface area contributed by atoms with Crippen LogP contribution in [0.3, 0.4) is 0 Å². The topological polar surface area (TPSA) is 0 Å². The first kappa shape index (κ1) is 5.92. The van der Waals surface area contributed by atoms with Gasteiger partial charge in [0.05, 0.1) is 0 Å². The fourth-order valence-electron chi connectivity index (χ4n) is 0. The average Bonchev–Trinajstić information content (AvgIpc) is 1.38. The Hall–Kier alpha value is 0.922. The number of hydrogen-bond acceptors (Lipinski definition) is 0. The van der Waals surface area contributed by atoms with Crippen LogP contribution in [0.4, 0.5) is 0 Å². The van der Waals surface area contributed by atoms with Crippen LogP contribution in [0.5, 0.6) is 0 Å². The van der Waals surface area contributed by atoms with Crippen LogP contribution in [0.1, 0.15) is 13.8 Å². The summed E-state index contributed by atoms with van der Waals surface area (Å²) in [6.45, 7) is 4.53. The summed E-state index contributed by atoms with van der Waals surface area (Å²) in [5.41, 5.74) is 0. The summed E-state index contributed by atoms with van der Waals surface area (Å²) < 4.78 is 1.47. The van der Waals surface area contributed by atoms with Crippen LogP contribution in [0.25, 0.3) is 0 Å². The second-order valence-corrected chi connectivity index (χ2v) is 3.46. The third kappa shape index (κ3) is 4.92. The Balaban J connectivity index is 2.54. The average molecular weight is 265 g/mol. The van der Waals surface area contributed by atoms with Gasteiger partial charge in [0.15, 0.2) is 0 Å². The fraction of sp³-hybridized carbons (Fsp3) is 1.00. The van der Waals surface area contributed by atoms with Crippen LogP contribution in [0.15, 0.2) is 0 Å². The van der Waals surface area contributed by atoms with Gasteiger partial charge in [-0.05, 0) is 0 Å². The van der Waals surface area contributed by atoms with Gasteiger partial charge in [0.1, 0.15) is 0 Å². The van der Waals surface area contributed by atoms with Gasteiger partial charge in [-0.25, -0.2) is 0 Å². The zero-order chi connectivity index (χ0) is 4.28. The van der Waals surface area contributed by atoms with E-state index in [1.54, 1.807) is 0 Å². The van der Waals surface area contributed by atoms with Crippen LogP contribution < -0.4 is 0 Å². The second-order valence-electron chi connectivity index (χ2n) is 1.63. The van der Waals surface area contributed by atoms with Gasteiger partial charge >= 0.3 is 49.5 Å². The Morgan fingerprint density at radius 3 is 1.80 bits per heavy atom. The predicted octanol–water partition coefficient (Wildman–Crippen LogP) is 0.961. The van der Waals surface area contributed by atoms with Gasteiger partial charge in [0.25, 0.3) is 0 Å². The molecule has 0 aromatic rings.